The number of thiophene rings is 2. The Labute approximate surface area is 213 Å². The third kappa shape index (κ3) is 5.58. The Hall–Kier alpha value is -1.15. The molecule has 2 aliphatic rings. The van der Waals surface area contributed by atoms with Gasteiger partial charge in [-0.15, -0.1) is 22.7 Å². The van der Waals surface area contributed by atoms with Crippen molar-refractivity contribution >= 4 is 42.8 Å². The van der Waals surface area contributed by atoms with E-state index in [9.17, 15) is 23.4 Å². The second kappa shape index (κ2) is 10.7. The predicted molar refractivity (Wildman–Crippen MR) is 139 cm³/mol. The number of rotatable bonds is 7. The van der Waals surface area contributed by atoms with Crippen LogP contribution in [0.2, 0.25) is 0 Å². The maximum Gasteiger partial charge on any atom is 0.414 e. The molecule has 2 saturated carbocycles. The smallest absolute Gasteiger partial charge is 0.387 e. The van der Waals surface area contributed by atoms with Gasteiger partial charge in [0.05, 0.1) is 6.10 Å². The minimum absolute atomic E-state index is 0.524. The zero-order valence-corrected chi connectivity index (χ0v) is 21.7. The van der Waals surface area contributed by atoms with Gasteiger partial charge in [-0.3, -0.25) is 0 Å². The molecule has 7 heteroatoms. The second-order valence-electron chi connectivity index (χ2n) is 10.7. The van der Waals surface area contributed by atoms with Crippen LogP contribution in [0, 0.1) is 11.8 Å². The zero-order chi connectivity index (χ0) is 24.6. The van der Waals surface area contributed by atoms with Gasteiger partial charge in [0, 0.05) is 31.5 Å². The van der Waals surface area contributed by atoms with E-state index in [0.717, 1.165) is 28.3 Å². The highest BCUT2D eigenvalue weighted by atomic mass is 32.1. The number of aliphatic hydroxyl groups is 2. The summed E-state index contributed by atoms with van der Waals surface area (Å²) in [7, 11) is 0. The van der Waals surface area contributed by atoms with E-state index >= 15 is 0 Å². The third-order valence-electron chi connectivity index (χ3n) is 8.21. The van der Waals surface area contributed by atoms with Crippen LogP contribution in [0.1, 0.15) is 92.7 Å². The van der Waals surface area contributed by atoms with E-state index in [2.05, 4.69) is 11.4 Å². The summed E-state index contributed by atoms with van der Waals surface area (Å²) in [5.74, 6) is 1.35. The normalized spacial score (nSPS) is 20.6. The molecule has 5 rings (SSSR count). The number of alkyl halides is 3. The van der Waals surface area contributed by atoms with Crippen molar-refractivity contribution in [2.24, 2.45) is 11.8 Å². The molecule has 0 radical (unpaired) electrons. The lowest BCUT2D eigenvalue weighted by Gasteiger charge is -2.26. The summed E-state index contributed by atoms with van der Waals surface area (Å²) in [5.41, 5.74) is 2.84. The molecule has 192 valence electrons. The zero-order valence-electron chi connectivity index (χ0n) is 20.1. The lowest BCUT2D eigenvalue weighted by molar-refractivity contribution is -0.211. The van der Waals surface area contributed by atoms with Crippen molar-refractivity contribution in [1.82, 2.24) is 0 Å². The molecule has 0 amide bonds. The Kier molecular flexibility index (Phi) is 7.78. The fourth-order valence-corrected chi connectivity index (χ4v) is 8.53. The molecule has 0 aliphatic heterocycles. The fourth-order valence-electron chi connectivity index (χ4n) is 6.28. The lowest BCUT2D eigenvalue weighted by atomic mass is 9.80. The minimum atomic E-state index is -4.72. The molecule has 2 aromatic heterocycles. The monoisotopic (exact) mass is 524 g/mol. The van der Waals surface area contributed by atoms with Crippen LogP contribution in [0.15, 0.2) is 17.5 Å². The van der Waals surface area contributed by atoms with Gasteiger partial charge >= 0.3 is 6.18 Å². The summed E-state index contributed by atoms with van der Waals surface area (Å²) in [6.07, 6.45) is 5.62. The van der Waals surface area contributed by atoms with Gasteiger partial charge in [-0.2, -0.15) is 13.2 Å². The summed E-state index contributed by atoms with van der Waals surface area (Å²) in [6.45, 7) is 0. The first-order chi connectivity index (χ1) is 16.8. The molecule has 3 aromatic rings. The second-order valence-corrected chi connectivity index (χ2v) is 12.7. The highest BCUT2D eigenvalue weighted by Crippen LogP contribution is 2.46. The maximum absolute atomic E-state index is 12.9. The average Bonchev–Trinajstić information content (AvgIpc) is 3.49. The van der Waals surface area contributed by atoms with E-state index in [-0.39, 0.29) is 0 Å². The van der Waals surface area contributed by atoms with Crippen LogP contribution in [0.25, 0.3) is 20.2 Å². The van der Waals surface area contributed by atoms with Gasteiger partial charge in [0.1, 0.15) is 0 Å². The number of hydrogen-bond donors (Lipinski definition) is 2. The standard InChI is InChI=1S/C28H35F3O2S2/c29-28(30,31)25(33)16-23(32)24-15-22-19-11-12-34-26(19)20(13-17-7-3-1-4-8-17)21(27(22)35-24)14-18-9-5-2-6-10-18/h11-12,15,17-18,23,25,32-33H,1-10,13-14,16H2. The summed E-state index contributed by atoms with van der Waals surface area (Å²) >= 11 is 3.22. The van der Waals surface area contributed by atoms with Crippen LogP contribution >= 0.6 is 22.7 Å². The molecule has 2 atom stereocenters. The molecule has 35 heavy (non-hydrogen) atoms. The summed E-state index contributed by atoms with van der Waals surface area (Å²) in [5, 5.41) is 24.6. The fraction of sp³-hybridized carbons (Fsp3) is 0.643. The molecular weight excluding hydrogens is 489 g/mol. The summed E-state index contributed by atoms with van der Waals surface area (Å²) < 4.78 is 41.3. The van der Waals surface area contributed by atoms with E-state index < -0.39 is 24.8 Å². The predicted octanol–water partition coefficient (Wildman–Crippen LogP) is 8.71. The minimum Gasteiger partial charge on any atom is -0.387 e. The molecule has 2 fully saturated rings. The number of aliphatic hydroxyl groups excluding tert-OH is 2. The van der Waals surface area contributed by atoms with E-state index in [1.807, 2.05) is 6.07 Å². The summed E-state index contributed by atoms with van der Waals surface area (Å²) in [4.78, 5) is 0.524. The van der Waals surface area contributed by atoms with Crippen LogP contribution in [-0.4, -0.2) is 22.5 Å². The van der Waals surface area contributed by atoms with Crippen molar-refractivity contribution < 1.29 is 23.4 Å². The number of halogens is 3. The van der Waals surface area contributed by atoms with Gasteiger partial charge in [0.2, 0.25) is 0 Å². The highest BCUT2D eigenvalue weighted by molar-refractivity contribution is 7.20. The van der Waals surface area contributed by atoms with Crippen molar-refractivity contribution in [3.05, 3.63) is 33.5 Å². The van der Waals surface area contributed by atoms with Crippen LogP contribution in [0.5, 0.6) is 0 Å². The van der Waals surface area contributed by atoms with E-state index in [1.165, 1.54) is 91.4 Å². The van der Waals surface area contributed by atoms with Crippen LogP contribution in [0.3, 0.4) is 0 Å². The molecule has 0 saturated heterocycles. The molecule has 2 N–H and O–H groups in total. The van der Waals surface area contributed by atoms with Crippen molar-refractivity contribution in [2.45, 2.75) is 102 Å². The first-order valence-electron chi connectivity index (χ1n) is 13.2. The lowest BCUT2D eigenvalue weighted by Crippen LogP contribution is -2.30. The van der Waals surface area contributed by atoms with Gasteiger partial charge in [-0.05, 0) is 53.3 Å². The van der Waals surface area contributed by atoms with Crippen molar-refractivity contribution in [3.63, 3.8) is 0 Å². The van der Waals surface area contributed by atoms with E-state index in [0.29, 0.717) is 16.7 Å². The molecule has 2 nitrogen and oxygen atoms in total. The molecule has 2 heterocycles. The Morgan fingerprint density at radius 1 is 0.829 bits per heavy atom. The van der Waals surface area contributed by atoms with Crippen molar-refractivity contribution in [3.8, 4) is 0 Å². The van der Waals surface area contributed by atoms with Gasteiger partial charge in [-0.25, -0.2) is 0 Å². The molecular formula is C28H35F3O2S2. The Morgan fingerprint density at radius 3 is 1.97 bits per heavy atom. The highest BCUT2D eigenvalue weighted by Gasteiger charge is 2.39. The largest absolute Gasteiger partial charge is 0.414 e. The average molecular weight is 525 g/mol. The number of fused-ring (bicyclic) bond motifs is 3. The first-order valence-corrected chi connectivity index (χ1v) is 14.9. The number of benzene rings is 1. The van der Waals surface area contributed by atoms with E-state index in [1.54, 1.807) is 11.3 Å². The van der Waals surface area contributed by atoms with Gasteiger partial charge < -0.3 is 10.2 Å². The Bertz CT molecular complexity index is 1140. The molecule has 0 bridgehead atoms. The van der Waals surface area contributed by atoms with Gasteiger partial charge in [0.25, 0.3) is 0 Å². The van der Waals surface area contributed by atoms with Gasteiger partial charge in [-0.1, -0.05) is 64.2 Å². The molecule has 2 aliphatic carbocycles. The topological polar surface area (TPSA) is 40.5 Å². The third-order valence-corrected chi connectivity index (χ3v) is 10.5. The Balaban J connectivity index is 1.58. The van der Waals surface area contributed by atoms with E-state index in [4.69, 9.17) is 0 Å². The summed E-state index contributed by atoms with van der Waals surface area (Å²) in [6, 6.07) is 4.02. The first kappa shape index (κ1) is 25.5. The van der Waals surface area contributed by atoms with Gasteiger partial charge in [0.15, 0.2) is 6.10 Å². The van der Waals surface area contributed by atoms with Crippen LogP contribution < -0.4 is 0 Å². The quantitative estimate of drug-likeness (QED) is 0.324. The molecule has 0 spiro atoms. The maximum atomic E-state index is 12.9. The van der Waals surface area contributed by atoms with Crippen molar-refractivity contribution in [1.29, 1.82) is 0 Å². The molecule has 2 unspecified atom stereocenters. The Morgan fingerprint density at radius 2 is 1.40 bits per heavy atom. The molecule has 1 aromatic carbocycles. The number of hydrogen-bond acceptors (Lipinski definition) is 4. The van der Waals surface area contributed by atoms with Crippen LogP contribution in [0.4, 0.5) is 13.2 Å². The SMILES string of the molecule is OC(CC(O)C(F)(F)F)c1cc2c(s1)c(CC1CCCCC1)c(CC1CCCCC1)c1sccc12. The van der Waals surface area contributed by atoms with Crippen LogP contribution in [-0.2, 0) is 12.8 Å². The van der Waals surface area contributed by atoms with Crippen molar-refractivity contribution in [2.75, 3.05) is 0 Å².